The number of aryl methyl sites for hydroxylation is 2. The van der Waals surface area contributed by atoms with Gasteiger partial charge in [-0.05, 0) is 65.4 Å². The molecule has 2 aromatic heterocycles. The molecule has 0 saturated carbocycles. The summed E-state index contributed by atoms with van der Waals surface area (Å²) in [6.45, 7) is 0. The molecule has 4 nitrogen and oxygen atoms in total. The number of fused-ring (bicyclic) bond motifs is 7. The zero-order valence-electron chi connectivity index (χ0n) is 24.2. The zero-order valence-corrected chi connectivity index (χ0v) is 24.2. The molecule has 2 aliphatic rings. The number of aliphatic imine (C=N–C) groups is 1. The Labute approximate surface area is 256 Å². The number of para-hydroxylation sites is 3. The van der Waals surface area contributed by atoms with Crippen LogP contribution in [0.3, 0.4) is 0 Å². The Hall–Kier alpha value is -5.61. The van der Waals surface area contributed by atoms with Crippen LogP contribution in [0.25, 0.3) is 44.6 Å². The normalized spacial score (nSPS) is 15.8. The molecule has 9 rings (SSSR count). The third-order valence-electron chi connectivity index (χ3n) is 9.09. The van der Waals surface area contributed by atoms with Crippen molar-refractivity contribution in [2.45, 2.75) is 18.9 Å². The first kappa shape index (κ1) is 24.9. The third-order valence-corrected chi connectivity index (χ3v) is 9.09. The number of aromatic nitrogens is 2. The molecule has 5 aromatic carbocycles. The van der Waals surface area contributed by atoms with Crippen molar-refractivity contribution in [1.82, 2.24) is 14.5 Å². The Balaban J connectivity index is 1.35. The fraction of sp³-hybridized carbons (Fsp3) is 0.0750. The van der Waals surface area contributed by atoms with Crippen molar-refractivity contribution in [3.8, 4) is 17.1 Å². The van der Waals surface area contributed by atoms with Gasteiger partial charge >= 0.3 is 0 Å². The molecule has 1 atom stereocenters. The monoisotopic (exact) mass is 566 g/mol. The second kappa shape index (κ2) is 9.99. The van der Waals surface area contributed by atoms with Gasteiger partial charge in [0.1, 0.15) is 0 Å². The van der Waals surface area contributed by atoms with Crippen molar-refractivity contribution in [1.29, 1.82) is 0 Å². The summed E-state index contributed by atoms with van der Waals surface area (Å²) in [5.74, 6) is 0.843. The Morgan fingerprint density at radius 2 is 1.07 bits per heavy atom. The predicted octanol–water partition coefficient (Wildman–Crippen LogP) is 8.94. The average molecular weight is 567 g/mol. The first-order chi connectivity index (χ1) is 21.8. The van der Waals surface area contributed by atoms with Crippen LogP contribution in [0.2, 0.25) is 0 Å². The van der Waals surface area contributed by atoms with E-state index >= 15 is 0 Å². The van der Waals surface area contributed by atoms with E-state index in [1.165, 1.54) is 55.6 Å². The molecular weight excluding hydrogens is 536 g/mol. The van der Waals surface area contributed by atoms with Crippen LogP contribution in [0, 0.1) is 0 Å². The second-order valence-electron chi connectivity index (χ2n) is 11.6. The average Bonchev–Trinajstić information content (AvgIpc) is 3.62. The number of nitrogens with one attached hydrogen (secondary N) is 1. The van der Waals surface area contributed by atoms with Gasteiger partial charge in [-0.15, -0.1) is 0 Å². The van der Waals surface area contributed by atoms with Gasteiger partial charge in [0.2, 0.25) is 5.96 Å². The Morgan fingerprint density at radius 3 is 1.73 bits per heavy atom. The van der Waals surface area contributed by atoms with Crippen molar-refractivity contribution in [3.63, 3.8) is 0 Å². The fourth-order valence-corrected chi connectivity index (χ4v) is 7.17. The van der Waals surface area contributed by atoms with Gasteiger partial charge in [-0.3, -0.25) is 4.57 Å². The largest absolute Gasteiger partial charge is 0.325 e. The maximum absolute atomic E-state index is 5.44. The summed E-state index contributed by atoms with van der Waals surface area (Å²) in [5, 5.41) is 6.41. The van der Waals surface area contributed by atoms with Gasteiger partial charge in [-0.25, -0.2) is 4.99 Å². The maximum Gasteiger partial charge on any atom is 0.208 e. The molecule has 44 heavy (non-hydrogen) atoms. The zero-order chi connectivity index (χ0) is 29.0. The van der Waals surface area contributed by atoms with Gasteiger partial charge in [0.15, 0.2) is 0 Å². The number of benzene rings is 5. The molecule has 1 unspecified atom stereocenters. The molecule has 0 amide bonds. The molecule has 7 aromatic rings. The summed E-state index contributed by atoms with van der Waals surface area (Å²) >= 11 is 0. The smallest absolute Gasteiger partial charge is 0.208 e. The highest BCUT2D eigenvalue weighted by Crippen LogP contribution is 2.46. The third kappa shape index (κ3) is 3.81. The minimum Gasteiger partial charge on any atom is -0.325 e. The van der Waals surface area contributed by atoms with Crippen molar-refractivity contribution in [2.24, 2.45) is 4.99 Å². The van der Waals surface area contributed by atoms with E-state index in [-0.39, 0.29) is 6.04 Å². The lowest BCUT2D eigenvalue weighted by Crippen LogP contribution is -2.33. The van der Waals surface area contributed by atoms with Crippen LogP contribution in [0.1, 0.15) is 28.3 Å². The molecular formula is C40H30N4. The van der Waals surface area contributed by atoms with E-state index in [1.807, 2.05) is 0 Å². The van der Waals surface area contributed by atoms with Crippen molar-refractivity contribution >= 4 is 33.5 Å². The lowest BCUT2D eigenvalue weighted by molar-refractivity contribution is 0.851. The summed E-state index contributed by atoms with van der Waals surface area (Å²) in [4.78, 5) is 5.44. The first-order valence-corrected chi connectivity index (χ1v) is 15.3. The molecule has 4 heteroatoms. The van der Waals surface area contributed by atoms with Gasteiger partial charge < -0.3 is 9.88 Å². The number of hydrogen-bond acceptors (Lipinski definition) is 2. The van der Waals surface area contributed by atoms with Crippen LogP contribution >= 0.6 is 0 Å². The highest BCUT2D eigenvalue weighted by molar-refractivity contribution is 6.07. The van der Waals surface area contributed by atoms with Gasteiger partial charge in [0, 0.05) is 22.2 Å². The molecule has 0 spiro atoms. The predicted molar refractivity (Wildman–Crippen MR) is 181 cm³/mol. The van der Waals surface area contributed by atoms with Crippen LogP contribution in [0.15, 0.2) is 151 Å². The van der Waals surface area contributed by atoms with E-state index in [9.17, 15) is 0 Å². The van der Waals surface area contributed by atoms with Gasteiger partial charge in [0.25, 0.3) is 0 Å². The summed E-state index contributed by atoms with van der Waals surface area (Å²) in [5.41, 5.74) is 12.2. The minimum atomic E-state index is -0.123. The van der Waals surface area contributed by atoms with Crippen molar-refractivity contribution < 1.29 is 0 Å². The standard InChI is InChI=1S/C40H30N4/c1-4-14-27(15-5-1)34-26-35(28-16-6-2-7-17-28)42-40(41-34)44-37-23-13-11-21-31(37)33-25-24-32-30-20-10-12-22-36(30)43(38(32)39(33)44)29-18-8-3-9-19-29/h1-23,26,34H,24-25H2,(H,41,42). The quantitative estimate of drug-likeness (QED) is 0.228. The Morgan fingerprint density at radius 1 is 0.545 bits per heavy atom. The minimum absolute atomic E-state index is 0.123. The molecule has 3 heterocycles. The number of rotatable bonds is 3. The molecule has 1 aliphatic heterocycles. The topological polar surface area (TPSA) is 34.2 Å². The lowest BCUT2D eigenvalue weighted by Gasteiger charge is -2.26. The molecule has 0 bridgehead atoms. The van der Waals surface area contributed by atoms with E-state index in [0.717, 1.165) is 30.1 Å². The van der Waals surface area contributed by atoms with Crippen LogP contribution in [0.5, 0.6) is 0 Å². The molecule has 1 N–H and O–H groups in total. The second-order valence-corrected chi connectivity index (χ2v) is 11.6. The summed E-state index contributed by atoms with van der Waals surface area (Å²) in [6.07, 6.45) is 4.23. The number of hydrogen-bond donors (Lipinski definition) is 1. The maximum atomic E-state index is 5.44. The van der Waals surface area contributed by atoms with Gasteiger partial charge in [0.05, 0.1) is 28.5 Å². The fourth-order valence-electron chi connectivity index (χ4n) is 7.17. The van der Waals surface area contributed by atoms with Gasteiger partial charge in [-0.2, -0.15) is 0 Å². The van der Waals surface area contributed by atoms with Crippen LogP contribution in [0.4, 0.5) is 0 Å². The first-order valence-electron chi connectivity index (χ1n) is 15.3. The SMILES string of the molecule is C1=C(c2ccccc2)NC(n2c3c(c4ccccc42)CCc2c-3n(-c3ccccc3)c3ccccc23)=NC1c1ccccc1. The summed E-state index contributed by atoms with van der Waals surface area (Å²) < 4.78 is 4.86. The van der Waals surface area contributed by atoms with Crippen molar-refractivity contribution in [2.75, 3.05) is 0 Å². The molecule has 1 aliphatic carbocycles. The molecule has 0 radical (unpaired) electrons. The Kier molecular flexibility index (Phi) is 5.66. The lowest BCUT2D eigenvalue weighted by atomic mass is 9.92. The number of nitrogens with zero attached hydrogens (tertiary/aromatic N) is 3. The van der Waals surface area contributed by atoms with E-state index < -0.39 is 0 Å². The highest BCUT2D eigenvalue weighted by Gasteiger charge is 2.33. The van der Waals surface area contributed by atoms with Gasteiger partial charge in [-0.1, -0.05) is 115 Å². The molecule has 0 saturated heterocycles. The van der Waals surface area contributed by atoms with E-state index in [4.69, 9.17) is 4.99 Å². The van der Waals surface area contributed by atoms with Crippen LogP contribution < -0.4 is 5.32 Å². The molecule has 210 valence electrons. The Bertz CT molecular complexity index is 2240. The highest BCUT2D eigenvalue weighted by atomic mass is 15.3. The van der Waals surface area contributed by atoms with E-state index in [0.29, 0.717) is 0 Å². The van der Waals surface area contributed by atoms with Crippen molar-refractivity contribution in [3.05, 3.63) is 168 Å². The summed E-state index contributed by atoms with van der Waals surface area (Å²) in [6, 6.07) is 49.5. The van der Waals surface area contributed by atoms with Crippen LogP contribution in [-0.2, 0) is 12.8 Å². The van der Waals surface area contributed by atoms with E-state index in [2.05, 4.69) is 160 Å². The molecule has 0 fully saturated rings. The van der Waals surface area contributed by atoms with Crippen LogP contribution in [-0.4, -0.2) is 15.1 Å². The summed E-state index contributed by atoms with van der Waals surface area (Å²) in [7, 11) is 0. The van der Waals surface area contributed by atoms with E-state index in [1.54, 1.807) is 0 Å².